The molecular formula is C2H7O3Si. The van der Waals surface area contributed by atoms with E-state index in [1.165, 1.54) is 0 Å². The number of hydrogen-bond donors (Lipinski definition) is 2. The molecule has 4 heteroatoms. The highest BCUT2D eigenvalue weighted by Crippen LogP contribution is 1.69. The van der Waals surface area contributed by atoms with E-state index in [-0.39, 0.29) is 0 Å². The summed E-state index contributed by atoms with van der Waals surface area (Å²) in [6.45, 7) is 2.08. The van der Waals surface area contributed by atoms with Crippen LogP contribution in [0.2, 0.25) is 0 Å². The first-order valence-corrected chi connectivity index (χ1v) is 2.95. The number of hydrogen-bond acceptors (Lipinski definition) is 3. The molecular weight excluding hydrogens is 100 g/mol. The normalized spacial score (nSPS) is 10.0. The van der Waals surface area contributed by atoms with Gasteiger partial charge in [-0.25, -0.2) is 0 Å². The monoisotopic (exact) mass is 107 g/mol. The van der Waals surface area contributed by atoms with Crippen LogP contribution in [0.25, 0.3) is 0 Å². The van der Waals surface area contributed by atoms with Crippen molar-refractivity contribution in [1.29, 1.82) is 0 Å². The summed E-state index contributed by atoms with van der Waals surface area (Å²) in [5, 5.41) is 0. The third kappa shape index (κ3) is 4.10. The molecule has 3 nitrogen and oxygen atoms in total. The Bertz CT molecular complexity index is 30.0. The molecule has 0 aromatic rings. The summed E-state index contributed by atoms with van der Waals surface area (Å²) in [4.78, 5) is 16.0. The molecule has 0 aliphatic carbocycles. The number of rotatable bonds is 2. The van der Waals surface area contributed by atoms with Crippen LogP contribution in [0, 0.1) is 0 Å². The molecule has 0 spiro atoms. The van der Waals surface area contributed by atoms with Gasteiger partial charge in [-0.1, -0.05) is 0 Å². The molecule has 1 radical (unpaired) electrons. The lowest BCUT2D eigenvalue weighted by molar-refractivity contribution is 0.196. The maximum atomic E-state index is 7.99. The fourth-order valence-corrected chi connectivity index (χ4v) is 0.387. The second-order valence-electron chi connectivity index (χ2n) is 0.716. The van der Waals surface area contributed by atoms with Crippen molar-refractivity contribution in [2.75, 3.05) is 6.61 Å². The van der Waals surface area contributed by atoms with Crippen molar-refractivity contribution in [1.82, 2.24) is 0 Å². The first-order chi connectivity index (χ1) is 2.77. The minimum atomic E-state index is -2.39. The molecule has 0 heterocycles. The van der Waals surface area contributed by atoms with Gasteiger partial charge in [0.2, 0.25) is 0 Å². The molecule has 37 valence electrons. The lowest BCUT2D eigenvalue weighted by Gasteiger charge is -1.92. The average Bonchev–Trinajstić information content (AvgIpc) is 1.35. The fourth-order valence-electron chi connectivity index (χ4n) is 0.129. The summed E-state index contributed by atoms with van der Waals surface area (Å²) in [5.74, 6) is 0. The van der Waals surface area contributed by atoms with Crippen molar-refractivity contribution in [3.8, 4) is 0 Å². The van der Waals surface area contributed by atoms with Crippen LogP contribution in [-0.2, 0) is 4.43 Å². The van der Waals surface area contributed by atoms with Crippen molar-refractivity contribution < 1.29 is 14.0 Å². The summed E-state index contributed by atoms with van der Waals surface area (Å²) >= 11 is 0. The van der Waals surface area contributed by atoms with Crippen LogP contribution in [0.3, 0.4) is 0 Å². The van der Waals surface area contributed by atoms with Crippen LogP contribution in [-0.4, -0.2) is 25.7 Å². The van der Waals surface area contributed by atoms with Gasteiger partial charge in [-0.05, 0) is 6.92 Å². The fraction of sp³-hybridized carbons (Fsp3) is 1.00. The predicted molar refractivity (Wildman–Crippen MR) is 21.8 cm³/mol. The summed E-state index contributed by atoms with van der Waals surface area (Å²) in [6, 6.07) is 0. The maximum Gasteiger partial charge on any atom is 0.571 e. The molecule has 6 heavy (non-hydrogen) atoms. The molecule has 0 amide bonds. The van der Waals surface area contributed by atoms with Crippen molar-refractivity contribution in [3.63, 3.8) is 0 Å². The van der Waals surface area contributed by atoms with Crippen LogP contribution in [0.1, 0.15) is 6.92 Å². The molecule has 0 saturated carbocycles. The SMILES string of the molecule is CCO[Si](O)O. The van der Waals surface area contributed by atoms with Crippen LogP contribution in [0.15, 0.2) is 0 Å². The topological polar surface area (TPSA) is 49.7 Å². The summed E-state index contributed by atoms with van der Waals surface area (Å²) in [7, 11) is -2.39. The van der Waals surface area contributed by atoms with Gasteiger partial charge in [-0.2, -0.15) is 0 Å². The Hall–Kier alpha value is 0.0969. The van der Waals surface area contributed by atoms with E-state index in [1.54, 1.807) is 6.92 Å². The van der Waals surface area contributed by atoms with E-state index in [2.05, 4.69) is 4.43 Å². The molecule has 2 N–H and O–H groups in total. The highest BCUT2D eigenvalue weighted by Gasteiger charge is 2.00. The van der Waals surface area contributed by atoms with Crippen molar-refractivity contribution in [3.05, 3.63) is 0 Å². The predicted octanol–water partition coefficient (Wildman–Crippen LogP) is -1.01. The van der Waals surface area contributed by atoms with E-state index in [0.717, 1.165) is 0 Å². The van der Waals surface area contributed by atoms with Gasteiger partial charge < -0.3 is 14.0 Å². The maximum absolute atomic E-state index is 7.99. The summed E-state index contributed by atoms with van der Waals surface area (Å²) in [5.41, 5.74) is 0. The zero-order valence-electron chi connectivity index (χ0n) is 3.51. The van der Waals surface area contributed by atoms with E-state index >= 15 is 0 Å². The Morgan fingerprint density at radius 1 is 1.67 bits per heavy atom. The van der Waals surface area contributed by atoms with E-state index in [0.29, 0.717) is 6.61 Å². The van der Waals surface area contributed by atoms with Gasteiger partial charge in [0.15, 0.2) is 0 Å². The van der Waals surface area contributed by atoms with Gasteiger partial charge in [0.05, 0.1) is 0 Å². The Balaban J connectivity index is 2.63. The van der Waals surface area contributed by atoms with Crippen molar-refractivity contribution in [2.45, 2.75) is 6.92 Å². The Morgan fingerprint density at radius 2 is 2.17 bits per heavy atom. The Morgan fingerprint density at radius 3 is 2.17 bits per heavy atom. The largest absolute Gasteiger partial charge is 0.571 e. The van der Waals surface area contributed by atoms with E-state index < -0.39 is 9.53 Å². The minimum Gasteiger partial charge on any atom is -0.388 e. The first kappa shape index (κ1) is 6.10. The van der Waals surface area contributed by atoms with Crippen LogP contribution < -0.4 is 0 Å². The highest BCUT2D eigenvalue weighted by molar-refractivity contribution is 6.32. The van der Waals surface area contributed by atoms with Crippen LogP contribution >= 0.6 is 0 Å². The molecule has 0 atom stereocenters. The van der Waals surface area contributed by atoms with Crippen molar-refractivity contribution >= 4 is 9.53 Å². The molecule has 0 aliphatic rings. The van der Waals surface area contributed by atoms with Gasteiger partial charge in [0, 0.05) is 6.61 Å². The van der Waals surface area contributed by atoms with Crippen LogP contribution in [0.5, 0.6) is 0 Å². The summed E-state index contributed by atoms with van der Waals surface area (Å²) in [6.07, 6.45) is 0. The lowest BCUT2D eigenvalue weighted by atomic mass is 10.9. The molecule has 0 aliphatic heterocycles. The Kier molecular flexibility index (Phi) is 3.35. The van der Waals surface area contributed by atoms with Crippen molar-refractivity contribution in [2.24, 2.45) is 0 Å². The standard InChI is InChI=1S/C2H7O3Si/c1-2-5-6(3)4/h3-4H,2H2,1H3. The molecule has 0 unspecified atom stereocenters. The quantitative estimate of drug-likeness (QED) is 0.445. The smallest absolute Gasteiger partial charge is 0.388 e. The molecule has 0 saturated heterocycles. The summed E-state index contributed by atoms with van der Waals surface area (Å²) < 4.78 is 4.25. The average molecular weight is 107 g/mol. The molecule has 0 aromatic heterocycles. The zero-order chi connectivity index (χ0) is 4.99. The van der Waals surface area contributed by atoms with E-state index in [1.807, 2.05) is 0 Å². The molecule has 0 bridgehead atoms. The van der Waals surface area contributed by atoms with Gasteiger partial charge in [-0.3, -0.25) is 0 Å². The third-order valence-electron chi connectivity index (χ3n) is 0.273. The highest BCUT2D eigenvalue weighted by atomic mass is 28.3. The second-order valence-corrected chi connectivity index (χ2v) is 1.57. The van der Waals surface area contributed by atoms with Gasteiger partial charge in [0.1, 0.15) is 0 Å². The second kappa shape index (κ2) is 3.29. The van der Waals surface area contributed by atoms with Gasteiger partial charge in [-0.15, -0.1) is 0 Å². The first-order valence-electron chi connectivity index (χ1n) is 1.65. The molecule has 0 rings (SSSR count). The van der Waals surface area contributed by atoms with E-state index in [9.17, 15) is 0 Å². The third-order valence-corrected chi connectivity index (χ3v) is 0.820. The van der Waals surface area contributed by atoms with Crippen LogP contribution in [0.4, 0.5) is 0 Å². The zero-order valence-corrected chi connectivity index (χ0v) is 4.51. The molecule has 0 aromatic carbocycles. The Labute approximate surface area is 38.2 Å². The lowest BCUT2D eigenvalue weighted by Crippen LogP contribution is -2.15. The van der Waals surface area contributed by atoms with Gasteiger partial charge >= 0.3 is 9.53 Å². The molecule has 0 fully saturated rings. The van der Waals surface area contributed by atoms with Gasteiger partial charge in [0.25, 0.3) is 0 Å². The van der Waals surface area contributed by atoms with E-state index in [4.69, 9.17) is 9.59 Å². The minimum absolute atomic E-state index is 0.376.